The van der Waals surface area contributed by atoms with Crippen molar-refractivity contribution in [1.82, 2.24) is 10.1 Å². The van der Waals surface area contributed by atoms with Crippen LogP contribution in [0.4, 0.5) is 0 Å². The summed E-state index contributed by atoms with van der Waals surface area (Å²) >= 11 is 0. The highest BCUT2D eigenvalue weighted by atomic mass is 16.5. The molecule has 0 N–H and O–H groups in total. The lowest BCUT2D eigenvalue weighted by Gasteiger charge is -2.41. The number of hydrogen-bond acceptors (Lipinski definition) is 3. The van der Waals surface area contributed by atoms with Gasteiger partial charge in [-0.05, 0) is 48.9 Å². The minimum atomic E-state index is -0.0609. The highest BCUT2D eigenvalue weighted by Crippen LogP contribution is 2.54. The van der Waals surface area contributed by atoms with Gasteiger partial charge in [0.1, 0.15) is 0 Å². The fourth-order valence-electron chi connectivity index (χ4n) is 4.84. The molecule has 1 amide bonds. The number of carbonyl (C=O) groups excluding carboxylic acids is 1. The maximum atomic E-state index is 12.7. The fraction of sp³-hybridized carbons (Fsp3) is 0.304. The van der Waals surface area contributed by atoms with Gasteiger partial charge in [-0.15, -0.1) is 0 Å². The van der Waals surface area contributed by atoms with Crippen molar-refractivity contribution in [2.24, 2.45) is 0 Å². The second kappa shape index (κ2) is 5.81. The third-order valence-corrected chi connectivity index (χ3v) is 6.22. The largest absolute Gasteiger partial charge is 0.351 e. The Balaban J connectivity index is 1.54. The molecule has 27 heavy (non-hydrogen) atoms. The van der Waals surface area contributed by atoms with Gasteiger partial charge < -0.3 is 9.42 Å². The number of likely N-dealkylation sites (tertiary alicyclic amines) is 1. The monoisotopic (exact) mass is 358 g/mol. The number of benzene rings is 2. The van der Waals surface area contributed by atoms with Gasteiger partial charge in [-0.1, -0.05) is 52.7 Å². The van der Waals surface area contributed by atoms with Crippen LogP contribution in [0.1, 0.15) is 45.7 Å². The van der Waals surface area contributed by atoms with Gasteiger partial charge in [0, 0.05) is 24.6 Å². The Labute approximate surface area is 158 Å². The highest BCUT2D eigenvalue weighted by Gasteiger charge is 2.46. The van der Waals surface area contributed by atoms with Crippen molar-refractivity contribution in [3.8, 4) is 11.1 Å². The Morgan fingerprint density at radius 1 is 0.963 bits per heavy atom. The zero-order valence-electron chi connectivity index (χ0n) is 15.7. The van der Waals surface area contributed by atoms with E-state index in [1.165, 1.54) is 39.6 Å². The molecule has 1 aliphatic heterocycles. The molecule has 1 aromatic heterocycles. The molecule has 1 fully saturated rings. The molecule has 136 valence electrons. The summed E-state index contributed by atoms with van der Waals surface area (Å²) < 4.78 is 5.07. The van der Waals surface area contributed by atoms with Crippen LogP contribution in [0.2, 0.25) is 0 Å². The van der Waals surface area contributed by atoms with Crippen LogP contribution >= 0.6 is 0 Å². The Bertz CT molecular complexity index is 975. The van der Waals surface area contributed by atoms with Gasteiger partial charge in [0.05, 0.1) is 6.20 Å². The number of amides is 1. The lowest BCUT2D eigenvalue weighted by Crippen LogP contribution is -2.45. The lowest BCUT2D eigenvalue weighted by atomic mass is 9.70. The first-order chi connectivity index (χ1) is 13.1. The van der Waals surface area contributed by atoms with Crippen molar-refractivity contribution in [2.45, 2.75) is 32.1 Å². The SMILES string of the molecule is Cc1ccc2c(c1)C1(CCN(C(=O)c3ccno3)CC1)c1cc(C)ccc1-2. The first-order valence-corrected chi connectivity index (χ1v) is 9.51. The van der Waals surface area contributed by atoms with Crippen LogP contribution in [0, 0.1) is 13.8 Å². The number of aromatic nitrogens is 1. The molecule has 1 spiro atoms. The zero-order chi connectivity index (χ0) is 18.6. The van der Waals surface area contributed by atoms with Crippen molar-refractivity contribution >= 4 is 5.91 Å². The molecule has 5 rings (SSSR count). The standard InChI is InChI=1S/C23H22N2O2/c1-15-3-5-17-18-6-4-16(2)14-20(18)23(19(17)13-15)8-11-25(12-9-23)22(26)21-7-10-24-27-21/h3-7,10,13-14H,8-9,11-12H2,1-2H3. The fourth-order valence-corrected chi connectivity index (χ4v) is 4.84. The third kappa shape index (κ3) is 2.36. The van der Waals surface area contributed by atoms with Gasteiger partial charge in [-0.25, -0.2) is 0 Å². The molecule has 0 unspecified atom stereocenters. The summed E-state index contributed by atoms with van der Waals surface area (Å²) in [6.45, 7) is 5.76. The summed E-state index contributed by atoms with van der Waals surface area (Å²) in [5.74, 6) is 0.263. The van der Waals surface area contributed by atoms with Gasteiger partial charge in [0.2, 0.25) is 5.76 Å². The van der Waals surface area contributed by atoms with Gasteiger partial charge in [-0.3, -0.25) is 4.79 Å². The van der Waals surface area contributed by atoms with Gasteiger partial charge >= 0.3 is 0 Å². The van der Waals surface area contributed by atoms with E-state index in [0.29, 0.717) is 5.76 Å². The number of piperidine rings is 1. The molecule has 4 heteroatoms. The topological polar surface area (TPSA) is 46.3 Å². The molecule has 2 aliphatic rings. The van der Waals surface area contributed by atoms with Crippen LogP contribution < -0.4 is 0 Å². The summed E-state index contributed by atoms with van der Waals surface area (Å²) in [7, 11) is 0. The van der Waals surface area contributed by atoms with E-state index in [0.717, 1.165) is 25.9 Å². The quantitative estimate of drug-likeness (QED) is 0.644. The normalized spacial score (nSPS) is 17.0. The number of nitrogens with zero attached hydrogens (tertiary/aromatic N) is 2. The predicted octanol–water partition coefficient (Wildman–Crippen LogP) is 4.49. The van der Waals surface area contributed by atoms with Gasteiger partial charge in [0.15, 0.2) is 0 Å². The Kier molecular flexibility index (Phi) is 3.51. The van der Waals surface area contributed by atoms with Crippen LogP contribution in [-0.2, 0) is 5.41 Å². The second-order valence-corrected chi connectivity index (χ2v) is 7.85. The van der Waals surface area contributed by atoms with E-state index >= 15 is 0 Å². The van der Waals surface area contributed by atoms with Crippen molar-refractivity contribution in [1.29, 1.82) is 0 Å². The molecule has 0 radical (unpaired) electrons. The molecule has 0 bridgehead atoms. The maximum absolute atomic E-state index is 12.7. The zero-order valence-corrected chi connectivity index (χ0v) is 15.7. The first kappa shape index (κ1) is 16.3. The molecular formula is C23H22N2O2. The third-order valence-electron chi connectivity index (χ3n) is 6.22. The second-order valence-electron chi connectivity index (χ2n) is 7.85. The molecule has 1 saturated heterocycles. The lowest BCUT2D eigenvalue weighted by molar-refractivity contribution is 0.0646. The first-order valence-electron chi connectivity index (χ1n) is 9.51. The maximum Gasteiger partial charge on any atom is 0.292 e. The van der Waals surface area contributed by atoms with Crippen LogP contribution in [0.25, 0.3) is 11.1 Å². The summed E-state index contributed by atoms with van der Waals surface area (Å²) in [5.41, 5.74) is 8.14. The smallest absolute Gasteiger partial charge is 0.292 e. The van der Waals surface area contributed by atoms with Crippen LogP contribution in [0.5, 0.6) is 0 Å². The number of hydrogen-bond donors (Lipinski definition) is 0. The molecule has 1 aliphatic carbocycles. The molecule has 4 nitrogen and oxygen atoms in total. The Morgan fingerprint density at radius 3 is 2.07 bits per heavy atom. The van der Waals surface area contributed by atoms with Crippen molar-refractivity contribution < 1.29 is 9.32 Å². The number of rotatable bonds is 1. The van der Waals surface area contributed by atoms with Crippen molar-refractivity contribution in [3.63, 3.8) is 0 Å². The number of fused-ring (bicyclic) bond motifs is 5. The molecule has 0 atom stereocenters. The van der Waals surface area contributed by atoms with Gasteiger partial charge in [0.25, 0.3) is 5.91 Å². The number of carbonyl (C=O) groups is 1. The van der Waals surface area contributed by atoms with E-state index in [2.05, 4.69) is 55.4 Å². The molecule has 0 saturated carbocycles. The van der Waals surface area contributed by atoms with Crippen LogP contribution in [0.3, 0.4) is 0 Å². The highest BCUT2D eigenvalue weighted by molar-refractivity contribution is 5.91. The molecule has 3 aromatic rings. The van der Waals surface area contributed by atoms with Crippen molar-refractivity contribution in [2.75, 3.05) is 13.1 Å². The molecule has 2 heterocycles. The van der Waals surface area contributed by atoms with Gasteiger partial charge in [-0.2, -0.15) is 0 Å². The molecule has 2 aromatic carbocycles. The van der Waals surface area contributed by atoms with E-state index in [1.54, 1.807) is 6.07 Å². The average molecular weight is 358 g/mol. The van der Waals surface area contributed by atoms with E-state index in [-0.39, 0.29) is 11.3 Å². The summed E-state index contributed by atoms with van der Waals surface area (Å²) in [6.07, 6.45) is 3.38. The Hall–Kier alpha value is -2.88. The van der Waals surface area contributed by atoms with E-state index in [4.69, 9.17) is 4.52 Å². The number of aryl methyl sites for hydroxylation is 2. The van der Waals surface area contributed by atoms with Crippen LogP contribution in [0.15, 0.2) is 53.2 Å². The summed E-state index contributed by atoms with van der Waals surface area (Å²) in [5, 5.41) is 3.67. The van der Waals surface area contributed by atoms with Crippen molar-refractivity contribution in [3.05, 3.63) is 76.7 Å². The molecular weight excluding hydrogens is 336 g/mol. The van der Waals surface area contributed by atoms with Crippen LogP contribution in [-0.4, -0.2) is 29.1 Å². The summed E-state index contributed by atoms with van der Waals surface area (Å²) in [6, 6.07) is 15.3. The van der Waals surface area contributed by atoms with E-state index in [1.807, 2.05) is 4.90 Å². The summed E-state index contributed by atoms with van der Waals surface area (Å²) in [4.78, 5) is 14.6. The predicted molar refractivity (Wildman–Crippen MR) is 104 cm³/mol. The average Bonchev–Trinajstić information content (AvgIpc) is 3.29. The van der Waals surface area contributed by atoms with E-state index in [9.17, 15) is 4.79 Å². The van der Waals surface area contributed by atoms with E-state index < -0.39 is 0 Å². The Morgan fingerprint density at radius 2 is 1.56 bits per heavy atom. The minimum absolute atomic E-state index is 0.000894. The minimum Gasteiger partial charge on any atom is -0.351 e.